The molecule has 0 bridgehead atoms. The first kappa shape index (κ1) is 17.4. The van der Waals surface area contributed by atoms with Crippen molar-refractivity contribution in [1.29, 1.82) is 0 Å². The van der Waals surface area contributed by atoms with Crippen LogP contribution >= 0.6 is 0 Å². The second kappa shape index (κ2) is 6.62. The van der Waals surface area contributed by atoms with Crippen LogP contribution in [0, 0.1) is 0 Å². The van der Waals surface area contributed by atoms with E-state index in [1.54, 1.807) is 35.4 Å². The number of carbonyl (C=O) groups excluding carboxylic acids is 1. The van der Waals surface area contributed by atoms with Crippen molar-refractivity contribution >= 4 is 22.6 Å². The van der Waals surface area contributed by atoms with Gasteiger partial charge in [-0.1, -0.05) is 12.1 Å². The summed E-state index contributed by atoms with van der Waals surface area (Å²) in [5.74, 6) is -0.456. The highest BCUT2D eigenvalue weighted by molar-refractivity contribution is 6.04. The molecule has 0 aliphatic carbocycles. The molecule has 0 saturated carbocycles. The molecule has 0 fully saturated rings. The highest BCUT2D eigenvalue weighted by Crippen LogP contribution is 2.20. The van der Waals surface area contributed by atoms with E-state index in [4.69, 9.17) is 0 Å². The fourth-order valence-electron chi connectivity index (χ4n) is 2.97. The van der Waals surface area contributed by atoms with E-state index in [-0.39, 0.29) is 16.7 Å². The van der Waals surface area contributed by atoms with Crippen molar-refractivity contribution in [2.75, 3.05) is 5.32 Å². The minimum absolute atomic E-state index is 0.0937. The summed E-state index contributed by atoms with van der Waals surface area (Å²) in [4.78, 5) is 45.4. The molecule has 1 N–H and O–H groups in total. The van der Waals surface area contributed by atoms with Crippen molar-refractivity contribution in [1.82, 2.24) is 23.7 Å². The first-order valence-corrected chi connectivity index (χ1v) is 8.43. The Labute approximate surface area is 158 Å². The number of anilines is 1. The highest BCUT2D eigenvalue weighted by atomic mass is 16.2. The zero-order valence-corrected chi connectivity index (χ0v) is 15.2. The Bertz CT molecular complexity index is 1320. The number of nitrogens with one attached hydrogen (secondary N) is 1. The SMILES string of the molecule is Cn1c(=O)c2ccc(C(=O)Nc3ccccc3-n3ccnc3)nc2n(C)c1=O. The van der Waals surface area contributed by atoms with E-state index in [2.05, 4.69) is 15.3 Å². The van der Waals surface area contributed by atoms with Crippen molar-refractivity contribution in [2.45, 2.75) is 0 Å². The molecule has 9 heteroatoms. The van der Waals surface area contributed by atoms with Gasteiger partial charge in [-0.3, -0.25) is 18.7 Å². The van der Waals surface area contributed by atoms with Gasteiger partial charge >= 0.3 is 5.69 Å². The monoisotopic (exact) mass is 376 g/mol. The zero-order valence-electron chi connectivity index (χ0n) is 15.2. The Kier molecular flexibility index (Phi) is 4.11. The molecule has 4 rings (SSSR count). The van der Waals surface area contributed by atoms with E-state index in [1.807, 2.05) is 12.1 Å². The number of amides is 1. The first-order chi connectivity index (χ1) is 13.5. The second-order valence-electron chi connectivity index (χ2n) is 6.21. The normalized spacial score (nSPS) is 10.9. The van der Waals surface area contributed by atoms with Gasteiger partial charge in [0.25, 0.3) is 11.5 Å². The maximum atomic E-state index is 12.8. The van der Waals surface area contributed by atoms with E-state index < -0.39 is 17.2 Å². The molecule has 1 amide bonds. The van der Waals surface area contributed by atoms with E-state index in [0.717, 1.165) is 10.3 Å². The molecule has 0 spiro atoms. The van der Waals surface area contributed by atoms with Gasteiger partial charge in [0, 0.05) is 26.5 Å². The van der Waals surface area contributed by atoms with E-state index in [1.165, 1.54) is 30.8 Å². The van der Waals surface area contributed by atoms with Crippen LogP contribution in [0.2, 0.25) is 0 Å². The minimum atomic E-state index is -0.506. The Morgan fingerprint density at radius 1 is 1.04 bits per heavy atom. The van der Waals surface area contributed by atoms with Gasteiger partial charge in [-0.05, 0) is 24.3 Å². The van der Waals surface area contributed by atoms with Crippen LogP contribution < -0.4 is 16.6 Å². The number of nitrogens with zero attached hydrogens (tertiary/aromatic N) is 5. The smallest absolute Gasteiger partial charge is 0.319 e. The average molecular weight is 376 g/mol. The quantitative estimate of drug-likeness (QED) is 0.576. The predicted octanol–water partition coefficient (Wildman–Crippen LogP) is 1.07. The first-order valence-electron chi connectivity index (χ1n) is 8.43. The van der Waals surface area contributed by atoms with Gasteiger partial charge in [0.05, 0.1) is 23.1 Å². The Morgan fingerprint density at radius 3 is 2.57 bits per heavy atom. The number of hydrogen-bond donors (Lipinski definition) is 1. The summed E-state index contributed by atoms with van der Waals surface area (Å²) >= 11 is 0. The molecule has 3 heterocycles. The number of aromatic nitrogens is 5. The number of imidazole rings is 1. The topological polar surface area (TPSA) is 104 Å². The number of para-hydroxylation sites is 2. The maximum absolute atomic E-state index is 12.8. The number of hydrogen-bond acceptors (Lipinski definition) is 5. The third-order valence-corrected chi connectivity index (χ3v) is 4.47. The van der Waals surface area contributed by atoms with Crippen LogP contribution in [0.15, 0.2) is 64.7 Å². The van der Waals surface area contributed by atoms with Crippen LogP contribution in [0.25, 0.3) is 16.7 Å². The summed E-state index contributed by atoms with van der Waals surface area (Å²) < 4.78 is 4.02. The largest absolute Gasteiger partial charge is 0.332 e. The fourth-order valence-corrected chi connectivity index (χ4v) is 2.97. The fraction of sp³-hybridized carbons (Fsp3) is 0.105. The average Bonchev–Trinajstić information content (AvgIpc) is 3.25. The van der Waals surface area contributed by atoms with Gasteiger partial charge in [-0.25, -0.2) is 14.8 Å². The number of fused-ring (bicyclic) bond motifs is 1. The number of aryl methyl sites for hydroxylation is 1. The van der Waals surface area contributed by atoms with E-state index in [9.17, 15) is 14.4 Å². The molecule has 3 aromatic heterocycles. The van der Waals surface area contributed by atoms with Crippen LogP contribution in [0.5, 0.6) is 0 Å². The van der Waals surface area contributed by atoms with Crippen LogP contribution in [0.4, 0.5) is 5.69 Å². The Balaban J connectivity index is 1.75. The van der Waals surface area contributed by atoms with Crippen molar-refractivity contribution in [3.63, 3.8) is 0 Å². The number of carbonyl (C=O) groups is 1. The van der Waals surface area contributed by atoms with Crippen LogP contribution in [0.1, 0.15) is 10.5 Å². The number of rotatable bonds is 3. The van der Waals surface area contributed by atoms with Crippen molar-refractivity contribution < 1.29 is 4.79 Å². The lowest BCUT2D eigenvalue weighted by molar-refractivity contribution is 0.102. The predicted molar refractivity (Wildman–Crippen MR) is 104 cm³/mol. The summed E-state index contributed by atoms with van der Waals surface area (Å²) in [7, 11) is 2.91. The zero-order chi connectivity index (χ0) is 19.8. The molecule has 0 saturated heterocycles. The van der Waals surface area contributed by atoms with E-state index in [0.29, 0.717) is 5.69 Å². The maximum Gasteiger partial charge on any atom is 0.332 e. The molecule has 9 nitrogen and oxygen atoms in total. The second-order valence-corrected chi connectivity index (χ2v) is 6.21. The third-order valence-electron chi connectivity index (χ3n) is 4.47. The third kappa shape index (κ3) is 2.78. The molecule has 0 radical (unpaired) electrons. The molecule has 0 unspecified atom stereocenters. The van der Waals surface area contributed by atoms with E-state index >= 15 is 0 Å². The molecule has 28 heavy (non-hydrogen) atoms. The Hall–Kier alpha value is -4.01. The minimum Gasteiger partial charge on any atom is -0.319 e. The molecular weight excluding hydrogens is 360 g/mol. The van der Waals surface area contributed by atoms with Gasteiger partial charge < -0.3 is 9.88 Å². The molecule has 0 aliphatic heterocycles. The summed E-state index contributed by atoms with van der Waals surface area (Å²) in [6, 6.07) is 10.2. The lowest BCUT2D eigenvalue weighted by Crippen LogP contribution is -2.37. The van der Waals surface area contributed by atoms with Crippen LogP contribution in [-0.2, 0) is 14.1 Å². The van der Waals surface area contributed by atoms with Crippen molar-refractivity contribution in [2.24, 2.45) is 14.1 Å². The van der Waals surface area contributed by atoms with Crippen molar-refractivity contribution in [3.8, 4) is 5.69 Å². The number of benzene rings is 1. The van der Waals surface area contributed by atoms with Crippen LogP contribution in [-0.4, -0.2) is 29.6 Å². The molecule has 140 valence electrons. The number of pyridine rings is 1. The van der Waals surface area contributed by atoms with Gasteiger partial charge in [0.15, 0.2) is 0 Å². The lowest BCUT2D eigenvalue weighted by Gasteiger charge is -2.12. The molecule has 0 atom stereocenters. The standard InChI is InChI=1S/C19H16N6O3/c1-23-16-12(18(27)24(2)19(23)28)7-8-14(21-16)17(26)22-13-5-3-4-6-15(13)25-10-9-20-11-25/h3-11H,1-2H3,(H,22,26). The van der Waals surface area contributed by atoms with Gasteiger partial charge in [-0.2, -0.15) is 0 Å². The molecule has 0 aliphatic rings. The lowest BCUT2D eigenvalue weighted by atomic mass is 10.2. The Morgan fingerprint density at radius 2 is 1.82 bits per heavy atom. The molecule has 1 aromatic carbocycles. The summed E-state index contributed by atoms with van der Waals surface area (Å²) in [6.07, 6.45) is 5.04. The van der Waals surface area contributed by atoms with Gasteiger partial charge in [0.2, 0.25) is 0 Å². The van der Waals surface area contributed by atoms with Gasteiger partial charge in [-0.15, -0.1) is 0 Å². The summed E-state index contributed by atoms with van der Waals surface area (Å²) in [6.45, 7) is 0. The highest BCUT2D eigenvalue weighted by Gasteiger charge is 2.15. The molecule has 4 aromatic rings. The summed E-state index contributed by atoms with van der Waals surface area (Å²) in [5, 5.41) is 3.08. The van der Waals surface area contributed by atoms with Crippen molar-refractivity contribution in [3.05, 3.63) is 81.7 Å². The van der Waals surface area contributed by atoms with Crippen LogP contribution in [0.3, 0.4) is 0 Å². The van der Waals surface area contributed by atoms with Gasteiger partial charge in [0.1, 0.15) is 11.3 Å². The summed E-state index contributed by atoms with van der Waals surface area (Å²) in [5.41, 5.74) is 0.608. The molecular formula is C19H16N6O3.